The van der Waals surface area contributed by atoms with Crippen LogP contribution in [0.2, 0.25) is 0 Å². The van der Waals surface area contributed by atoms with E-state index in [2.05, 4.69) is 15.2 Å². The molecule has 0 saturated carbocycles. The van der Waals surface area contributed by atoms with Gasteiger partial charge in [-0.05, 0) is 7.05 Å². The van der Waals surface area contributed by atoms with Crippen molar-refractivity contribution in [2.75, 3.05) is 20.7 Å². The quantitative estimate of drug-likeness (QED) is 0.725. The minimum Gasteiger partial charge on any atom is -0.468 e. The number of ether oxygens (including phenoxy) is 1. The van der Waals surface area contributed by atoms with Crippen LogP contribution in [0.25, 0.3) is 0 Å². The van der Waals surface area contributed by atoms with E-state index in [1.807, 2.05) is 38.7 Å². The van der Waals surface area contributed by atoms with E-state index < -0.39 is 0 Å². The molecule has 1 atom stereocenters. The number of nitrogens with one attached hydrogen (secondary N) is 1. The van der Waals surface area contributed by atoms with Crippen molar-refractivity contribution in [3.05, 3.63) is 18.2 Å². The second-order valence-electron chi connectivity index (χ2n) is 5.05. The number of hydrogen-bond donors (Lipinski definition) is 1. The molecule has 0 aliphatic heterocycles. The summed E-state index contributed by atoms with van der Waals surface area (Å²) in [4.78, 5) is 18.0. The normalized spacial score (nSPS) is 13.0. The molecule has 1 aromatic heterocycles. The molecule has 1 heterocycles. The lowest BCUT2D eigenvalue weighted by atomic mass is 10.2. The summed E-state index contributed by atoms with van der Waals surface area (Å²) in [6.45, 7) is 5.29. The van der Waals surface area contributed by atoms with Crippen LogP contribution in [0, 0.1) is 0 Å². The summed E-state index contributed by atoms with van der Waals surface area (Å²) in [7, 11) is 5.34. The van der Waals surface area contributed by atoms with Crippen LogP contribution in [-0.2, 0) is 23.1 Å². The highest BCUT2D eigenvalue weighted by atomic mass is 16.5. The lowest BCUT2D eigenvalue weighted by Crippen LogP contribution is -2.48. The van der Waals surface area contributed by atoms with E-state index in [1.54, 1.807) is 6.20 Å². The first-order valence-corrected chi connectivity index (χ1v) is 6.42. The van der Waals surface area contributed by atoms with Crippen LogP contribution < -0.4 is 5.32 Å². The van der Waals surface area contributed by atoms with E-state index in [-0.39, 0.29) is 18.1 Å². The number of imidazole rings is 1. The van der Waals surface area contributed by atoms with Gasteiger partial charge in [-0.3, -0.25) is 9.69 Å². The van der Waals surface area contributed by atoms with Crippen molar-refractivity contribution in [3.8, 4) is 0 Å². The first-order valence-electron chi connectivity index (χ1n) is 6.42. The van der Waals surface area contributed by atoms with Gasteiger partial charge in [0.2, 0.25) is 0 Å². The molecule has 6 heteroatoms. The third-order valence-corrected chi connectivity index (χ3v) is 2.85. The summed E-state index contributed by atoms with van der Waals surface area (Å²) in [6.07, 6.45) is 3.68. The smallest absolute Gasteiger partial charge is 0.324 e. The molecule has 0 bridgehead atoms. The Morgan fingerprint density at radius 1 is 1.58 bits per heavy atom. The van der Waals surface area contributed by atoms with Crippen LogP contribution in [-0.4, -0.2) is 53.2 Å². The fourth-order valence-electron chi connectivity index (χ4n) is 1.91. The summed E-state index contributed by atoms with van der Waals surface area (Å²) in [5, 5.41) is 3.21. The molecule has 19 heavy (non-hydrogen) atoms. The molecule has 0 aromatic carbocycles. The highest BCUT2D eigenvalue weighted by Crippen LogP contribution is 2.02. The van der Waals surface area contributed by atoms with Gasteiger partial charge in [0.05, 0.1) is 13.7 Å². The number of methoxy groups -OCH3 is 1. The Kier molecular flexibility index (Phi) is 5.98. The van der Waals surface area contributed by atoms with Crippen molar-refractivity contribution in [2.24, 2.45) is 7.05 Å². The molecule has 1 aromatic rings. The number of hydrogen-bond acceptors (Lipinski definition) is 5. The predicted octanol–water partition coefficient (Wildman–Crippen LogP) is 0.392. The van der Waals surface area contributed by atoms with Crippen LogP contribution in [0.3, 0.4) is 0 Å². The average molecular weight is 268 g/mol. The van der Waals surface area contributed by atoms with Gasteiger partial charge in [-0.1, -0.05) is 13.8 Å². The highest BCUT2D eigenvalue weighted by molar-refractivity contribution is 5.75. The SMILES string of the molecule is COC(=O)C(CN(C)Cc1nccn1C)NC(C)C. The zero-order chi connectivity index (χ0) is 14.4. The van der Waals surface area contributed by atoms with Gasteiger partial charge in [0.1, 0.15) is 11.9 Å². The summed E-state index contributed by atoms with van der Waals surface area (Å²) in [5.74, 6) is 0.732. The molecule has 0 radical (unpaired) electrons. The first-order chi connectivity index (χ1) is 8.93. The van der Waals surface area contributed by atoms with E-state index in [4.69, 9.17) is 4.74 Å². The first kappa shape index (κ1) is 15.7. The molecule has 0 aliphatic rings. The maximum Gasteiger partial charge on any atom is 0.324 e. The number of esters is 1. The maximum absolute atomic E-state index is 11.7. The molecule has 6 nitrogen and oxygen atoms in total. The summed E-state index contributed by atoms with van der Waals surface area (Å²) in [5.41, 5.74) is 0. The van der Waals surface area contributed by atoms with E-state index in [1.165, 1.54) is 7.11 Å². The molecule has 0 amide bonds. The van der Waals surface area contributed by atoms with Gasteiger partial charge in [-0.2, -0.15) is 0 Å². The van der Waals surface area contributed by atoms with Crippen LogP contribution in [0.15, 0.2) is 12.4 Å². The largest absolute Gasteiger partial charge is 0.468 e. The van der Waals surface area contributed by atoms with Crippen LogP contribution in [0.5, 0.6) is 0 Å². The third kappa shape index (κ3) is 5.00. The second-order valence-corrected chi connectivity index (χ2v) is 5.05. The van der Waals surface area contributed by atoms with Gasteiger partial charge in [-0.15, -0.1) is 0 Å². The molecular weight excluding hydrogens is 244 g/mol. The number of nitrogens with zero attached hydrogens (tertiary/aromatic N) is 3. The van der Waals surface area contributed by atoms with Crippen molar-refractivity contribution in [1.29, 1.82) is 0 Å². The van der Waals surface area contributed by atoms with E-state index in [0.717, 1.165) is 5.82 Å². The van der Waals surface area contributed by atoms with Gasteiger partial charge in [0, 0.05) is 32.0 Å². The monoisotopic (exact) mass is 268 g/mol. The van der Waals surface area contributed by atoms with Gasteiger partial charge < -0.3 is 14.6 Å². The molecule has 1 N–H and O–H groups in total. The van der Waals surface area contributed by atoms with Crippen molar-refractivity contribution >= 4 is 5.97 Å². The fourth-order valence-corrected chi connectivity index (χ4v) is 1.91. The maximum atomic E-state index is 11.7. The number of carbonyl (C=O) groups excluding carboxylic acids is 1. The number of carbonyl (C=O) groups is 1. The molecule has 1 unspecified atom stereocenters. The Morgan fingerprint density at radius 2 is 2.26 bits per heavy atom. The number of likely N-dealkylation sites (N-methyl/N-ethyl adjacent to an activating group) is 1. The summed E-state index contributed by atoms with van der Waals surface area (Å²) in [6, 6.07) is -0.0964. The van der Waals surface area contributed by atoms with E-state index >= 15 is 0 Å². The standard InChI is InChI=1S/C13H24N4O2/c1-10(2)15-11(13(18)19-5)8-16(3)9-12-14-6-7-17(12)4/h6-7,10-11,15H,8-9H2,1-5H3. The van der Waals surface area contributed by atoms with E-state index in [9.17, 15) is 4.79 Å². The number of aryl methyl sites for hydroxylation is 1. The molecule has 108 valence electrons. The Labute approximate surface area is 114 Å². The van der Waals surface area contributed by atoms with Crippen molar-refractivity contribution in [3.63, 3.8) is 0 Å². The van der Waals surface area contributed by atoms with Crippen molar-refractivity contribution in [1.82, 2.24) is 19.8 Å². The number of aromatic nitrogens is 2. The second kappa shape index (κ2) is 7.25. The molecule has 0 aliphatic carbocycles. The molecular formula is C13H24N4O2. The van der Waals surface area contributed by atoms with Crippen molar-refractivity contribution in [2.45, 2.75) is 32.5 Å². The Balaban J connectivity index is 2.58. The van der Waals surface area contributed by atoms with Crippen LogP contribution in [0.4, 0.5) is 0 Å². The average Bonchev–Trinajstić information content (AvgIpc) is 2.72. The summed E-state index contributed by atoms with van der Waals surface area (Å²) >= 11 is 0. The molecule has 0 saturated heterocycles. The van der Waals surface area contributed by atoms with Crippen LogP contribution >= 0.6 is 0 Å². The minimum absolute atomic E-state index is 0.227. The number of rotatable bonds is 7. The fraction of sp³-hybridized carbons (Fsp3) is 0.692. The van der Waals surface area contributed by atoms with Gasteiger partial charge in [-0.25, -0.2) is 4.98 Å². The summed E-state index contributed by atoms with van der Waals surface area (Å²) < 4.78 is 6.80. The lowest BCUT2D eigenvalue weighted by Gasteiger charge is -2.24. The highest BCUT2D eigenvalue weighted by Gasteiger charge is 2.21. The van der Waals surface area contributed by atoms with E-state index in [0.29, 0.717) is 13.1 Å². The molecule has 1 rings (SSSR count). The Hall–Kier alpha value is -1.40. The zero-order valence-corrected chi connectivity index (χ0v) is 12.4. The molecule has 0 spiro atoms. The van der Waals surface area contributed by atoms with Gasteiger partial charge in [0.15, 0.2) is 0 Å². The molecule has 0 fully saturated rings. The third-order valence-electron chi connectivity index (χ3n) is 2.85. The zero-order valence-electron chi connectivity index (χ0n) is 12.4. The van der Waals surface area contributed by atoms with Crippen LogP contribution in [0.1, 0.15) is 19.7 Å². The predicted molar refractivity (Wildman–Crippen MR) is 73.6 cm³/mol. The van der Waals surface area contributed by atoms with Gasteiger partial charge in [0.25, 0.3) is 0 Å². The lowest BCUT2D eigenvalue weighted by molar-refractivity contribution is -0.143. The minimum atomic E-state index is -0.324. The van der Waals surface area contributed by atoms with Crippen molar-refractivity contribution < 1.29 is 9.53 Å². The Bertz CT molecular complexity index is 403. The Morgan fingerprint density at radius 3 is 2.74 bits per heavy atom. The van der Waals surface area contributed by atoms with Gasteiger partial charge >= 0.3 is 5.97 Å². The topological polar surface area (TPSA) is 59.4 Å².